The van der Waals surface area contributed by atoms with Crippen molar-refractivity contribution in [3.63, 3.8) is 0 Å². The first-order valence-corrected chi connectivity index (χ1v) is 9.89. The van der Waals surface area contributed by atoms with E-state index in [4.69, 9.17) is 18.9 Å². The van der Waals surface area contributed by atoms with Gasteiger partial charge >= 0.3 is 11.9 Å². The van der Waals surface area contributed by atoms with Gasteiger partial charge < -0.3 is 18.9 Å². The molecule has 3 aliphatic rings. The summed E-state index contributed by atoms with van der Waals surface area (Å²) < 4.78 is 21.6. The zero-order valence-corrected chi connectivity index (χ0v) is 17.8. The van der Waals surface area contributed by atoms with Crippen LogP contribution in [0.2, 0.25) is 0 Å². The van der Waals surface area contributed by atoms with E-state index in [0.29, 0.717) is 5.56 Å². The van der Waals surface area contributed by atoms with Crippen molar-refractivity contribution in [3.05, 3.63) is 35.9 Å². The van der Waals surface area contributed by atoms with Gasteiger partial charge in [-0.25, -0.2) is 4.90 Å². The van der Waals surface area contributed by atoms with Crippen LogP contribution in [0.5, 0.6) is 5.75 Å². The number of Topliss-reactive ketones (excluding diaryl/α,β-unsaturated/α-hetero) is 1. The lowest BCUT2D eigenvalue weighted by Gasteiger charge is -2.34. The third-order valence-corrected chi connectivity index (χ3v) is 5.82. The van der Waals surface area contributed by atoms with Gasteiger partial charge in [-0.05, 0) is 31.2 Å². The summed E-state index contributed by atoms with van der Waals surface area (Å²) >= 11 is 0. The van der Waals surface area contributed by atoms with Gasteiger partial charge in [0.2, 0.25) is 11.8 Å². The second-order valence-electron chi connectivity index (χ2n) is 7.80. The standard InChI is InChI=1S/C22H21NO9/c1-10(24)13-5-6-15(29-4)14(9-13)23-19(27)17-16-7-8-22(32-16,18(17)20(23)28)21(30-11(2)25)31-12(3)26/h5-9,16-18,21H,1-4H3/t16-,17+,18-,22-/m1/s1. The molecule has 0 saturated carbocycles. The first-order valence-electron chi connectivity index (χ1n) is 9.89. The summed E-state index contributed by atoms with van der Waals surface area (Å²) in [5, 5.41) is 0. The molecule has 3 heterocycles. The Labute approximate surface area is 183 Å². The Kier molecular flexibility index (Phi) is 5.12. The highest BCUT2D eigenvalue weighted by Gasteiger charge is 2.72. The summed E-state index contributed by atoms with van der Waals surface area (Å²) in [5.74, 6) is -4.76. The van der Waals surface area contributed by atoms with Crippen molar-refractivity contribution >= 4 is 35.2 Å². The second kappa shape index (κ2) is 7.56. The van der Waals surface area contributed by atoms with Crippen LogP contribution in [0.15, 0.2) is 30.4 Å². The molecule has 10 nitrogen and oxygen atoms in total. The number of amides is 2. The van der Waals surface area contributed by atoms with E-state index in [-0.39, 0.29) is 17.2 Å². The predicted molar refractivity (Wildman–Crippen MR) is 107 cm³/mol. The van der Waals surface area contributed by atoms with E-state index in [0.717, 1.165) is 18.7 Å². The summed E-state index contributed by atoms with van der Waals surface area (Å²) in [6, 6.07) is 4.45. The third kappa shape index (κ3) is 3.10. The average molecular weight is 443 g/mol. The van der Waals surface area contributed by atoms with Crippen molar-refractivity contribution in [2.24, 2.45) is 11.8 Å². The van der Waals surface area contributed by atoms with Crippen LogP contribution in [0.1, 0.15) is 31.1 Å². The number of fused-ring (bicyclic) bond motifs is 5. The highest BCUT2D eigenvalue weighted by Crippen LogP contribution is 2.55. The van der Waals surface area contributed by atoms with Crippen molar-refractivity contribution in [2.75, 3.05) is 12.0 Å². The van der Waals surface area contributed by atoms with E-state index in [2.05, 4.69) is 0 Å². The molecule has 2 bridgehead atoms. The number of benzene rings is 1. The van der Waals surface area contributed by atoms with E-state index in [1.807, 2.05) is 0 Å². The molecular formula is C22H21NO9. The molecule has 1 aromatic rings. The molecule has 4 atom stereocenters. The molecule has 10 heteroatoms. The summed E-state index contributed by atoms with van der Waals surface area (Å²) in [4.78, 5) is 63.1. The highest BCUT2D eigenvalue weighted by molar-refractivity contribution is 6.24. The first-order chi connectivity index (χ1) is 15.1. The van der Waals surface area contributed by atoms with Gasteiger partial charge in [-0.2, -0.15) is 0 Å². The number of nitrogens with zero attached hydrogens (tertiary/aromatic N) is 1. The Morgan fingerprint density at radius 2 is 1.72 bits per heavy atom. The number of carbonyl (C=O) groups is 5. The van der Waals surface area contributed by atoms with Gasteiger partial charge in [-0.1, -0.05) is 6.08 Å². The SMILES string of the molecule is COc1ccc(C(C)=O)cc1N1C(=O)[C@H]2[C@H]3C=C[C@@](C(OC(C)=O)OC(C)=O)(O3)[C@H]2C1=O. The van der Waals surface area contributed by atoms with Gasteiger partial charge in [0.1, 0.15) is 5.75 Å². The zero-order valence-electron chi connectivity index (χ0n) is 17.8. The van der Waals surface area contributed by atoms with Crippen LogP contribution in [0.4, 0.5) is 5.69 Å². The fourth-order valence-corrected chi connectivity index (χ4v) is 4.54. The summed E-state index contributed by atoms with van der Waals surface area (Å²) in [7, 11) is 1.38. The van der Waals surface area contributed by atoms with Crippen molar-refractivity contribution in [1.29, 1.82) is 0 Å². The highest BCUT2D eigenvalue weighted by atomic mass is 16.7. The van der Waals surface area contributed by atoms with Crippen LogP contribution in [-0.2, 0) is 33.4 Å². The lowest BCUT2D eigenvalue weighted by Crippen LogP contribution is -2.52. The van der Waals surface area contributed by atoms with Crippen LogP contribution >= 0.6 is 0 Å². The van der Waals surface area contributed by atoms with Crippen LogP contribution in [0.25, 0.3) is 0 Å². The lowest BCUT2D eigenvalue weighted by atomic mass is 9.76. The zero-order chi connectivity index (χ0) is 23.4. The average Bonchev–Trinajstić information content (AvgIpc) is 3.37. The summed E-state index contributed by atoms with van der Waals surface area (Å²) in [5.41, 5.74) is -1.24. The van der Waals surface area contributed by atoms with Gasteiger partial charge in [0.05, 0.1) is 30.7 Å². The number of anilines is 1. The minimum atomic E-state index is -1.65. The molecule has 3 aliphatic heterocycles. The van der Waals surface area contributed by atoms with Crippen LogP contribution < -0.4 is 9.64 Å². The smallest absolute Gasteiger partial charge is 0.305 e. The third-order valence-electron chi connectivity index (χ3n) is 5.82. The predicted octanol–water partition coefficient (Wildman–Crippen LogP) is 1.16. The fourth-order valence-electron chi connectivity index (χ4n) is 4.54. The van der Waals surface area contributed by atoms with E-state index >= 15 is 0 Å². The van der Waals surface area contributed by atoms with Crippen LogP contribution in [-0.4, -0.2) is 54.6 Å². The molecule has 0 spiro atoms. The molecule has 0 N–H and O–H groups in total. The topological polar surface area (TPSA) is 126 Å². The van der Waals surface area contributed by atoms with E-state index in [1.54, 1.807) is 6.08 Å². The maximum atomic E-state index is 13.6. The van der Waals surface area contributed by atoms with Gasteiger partial charge in [0.25, 0.3) is 6.29 Å². The number of carbonyl (C=O) groups excluding carboxylic acids is 5. The normalized spacial score (nSPS) is 27.7. The van der Waals surface area contributed by atoms with Crippen molar-refractivity contribution in [3.8, 4) is 5.75 Å². The fraction of sp³-hybridized carbons (Fsp3) is 0.409. The molecular weight excluding hydrogens is 422 g/mol. The number of ketones is 1. The minimum Gasteiger partial charge on any atom is -0.495 e. The molecule has 0 radical (unpaired) electrons. The largest absolute Gasteiger partial charge is 0.495 e. The number of esters is 2. The molecule has 32 heavy (non-hydrogen) atoms. The van der Waals surface area contributed by atoms with Crippen molar-refractivity contribution in [1.82, 2.24) is 0 Å². The second-order valence-corrected chi connectivity index (χ2v) is 7.80. The lowest BCUT2D eigenvalue weighted by molar-refractivity contribution is -0.226. The van der Waals surface area contributed by atoms with Gasteiger partial charge in [0.15, 0.2) is 11.4 Å². The number of hydrogen-bond donors (Lipinski definition) is 0. The van der Waals surface area contributed by atoms with Crippen LogP contribution in [0, 0.1) is 11.8 Å². The van der Waals surface area contributed by atoms with E-state index in [1.165, 1.54) is 38.3 Å². The number of rotatable bonds is 6. The molecule has 0 aromatic heterocycles. The Bertz CT molecular complexity index is 1060. The molecule has 168 valence electrons. The molecule has 0 aliphatic carbocycles. The number of imide groups is 1. The first kappa shape index (κ1) is 21.7. The Hall–Kier alpha value is -3.53. The van der Waals surface area contributed by atoms with Gasteiger partial charge in [-0.3, -0.25) is 24.0 Å². The number of hydrogen-bond acceptors (Lipinski definition) is 9. The molecule has 2 saturated heterocycles. The summed E-state index contributed by atoms with van der Waals surface area (Å²) in [6.07, 6.45) is 0.736. The summed E-state index contributed by atoms with van der Waals surface area (Å²) in [6.45, 7) is 3.62. The van der Waals surface area contributed by atoms with Gasteiger partial charge in [-0.15, -0.1) is 0 Å². The molecule has 1 aromatic carbocycles. The van der Waals surface area contributed by atoms with Crippen molar-refractivity contribution in [2.45, 2.75) is 38.8 Å². The maximum Gasteiger partial charge on any atom is 0.305 e. The Morgan fingerprint density at radius 3 is 2.28 bits per heavy atom. The number of ether oxygens (including phenoxy) is 4. The molecule has 2 fully saturated rings. The Balaban J connectivity index is 1.79. The quantitative estimate of drug-likeness (QED) is 0.209. The Morgan fingerprint density at radius 1 is 1.06 bits per heavy atom. The molecule has 2 amide bonds. The van der Waals surface area contributed by atoms with Crippen molar-refractivity contribution < 1.29 is 42.9 Å². The molecule has 0 unspecified atom stereocenters. The van der Waals surface area contributed by atoms with E-state index in [9.17, 15) is 24.0 Å². The van der Waals surface area contributed by atoms with Crippen LogP contribution in [0.3, 0.4) is 0 Å². The maximum absolute atomic E-state index is 13.6. The molecule has 4 rings (SSSR count). The number of methoxy groups -OCH3 is 1. The van der Waals surface area contributed by atoms with E-state index < -0.39 is 53.6 Å². The minimum absolute atomic E-state index is 0.121. The van der Waals surface area contributed by atoms with Gasteiger partial charge in [0, 0.05) is 19.4 Å². The monoisotopic (exact) mass is 443 g/mol.